The number of nitrogens with one attached hydrogen (secondary N) is 2. The number of aromatic nitrogens is 2. The van der Waals surface area contributed by atoms with Gasteiger partial charge in [0.2, 0.25) is 0 Å². The van der Waals surface area contributed by atoms with Crippen molar-refractivity contribution in [2.24, 2.45) is 10.9 Å². The van der Waals surface area contributed by atoms with E-state index in [1.807, 2.05) is 49.4 Å². The van der Waals surface area contributed by atoms with Crippen LogP contribution in [-0.2, 0) is 4.79 Å². The van der Waals surface area contributed by atoms with Crippen LogP contribution in [0.4, 0.5) is 5.69 Å². The normalized spacial score (nSPS) is 11.2. The van der Waals surface area contributed by atoms with Gasteiger partial charge in [0.1, 0.15) is 22.9 Å². The van der Waals surface area contributed by atoms with E-state index in [9.17, 15) is 9.90 Å². The van der Waals surface area contributed by atoms with Gasteiger partial charge < -0.3 is 25.7 Å². The van der Waals surface area contributed by atoms with Crippen molar-refractivity contribution in [1.29, 1.82) is 0 Å². The van der Waals surface area contributed by atoms with Crippen LogP contribution in [0, 0.1) is 6.92 Å². The number of ether oxygens (including phenoxy) is 2. The number of H-pyrrole nitrogens is 1. The Morgan fingerprint density at radius 1 is 1.09 bits per heavy atom. The number of phenols is 1. The number of phenolic OH excluding ortho intramolecular Hbond substituents is 1. The van der Waals surface area contributed by atoms with Crippen molar-refractivity contribution in [3.63, 3.8) is 0 Å². The summed E-state index contributed by atoms with van der Waals surface area (Å²) in [6.07, 6.45) is 0. The SMILES string of the molecule is CC(=NN)c1ccc(NC(=O)COc2ccc(-c3n[nH]c(C)c3Oc3ccccc3)c(O)c2)cc1. The zero-order chi connectivity index (χ0) is 24.8. The minimum atomic E-state index is -0.341. The lowest BCUT2D eigenvalue weighted by molar-refractivity contribution is -0.118. The molecule has 0 radical (unpaired) electrons. The van der Waals surface area contributed by atoms with E-state index in [0.29, 0.717) is 39.9 Å². The van der Waals surface area contributed by atoms with Crippen molar-refractivity contribution in [2.45, 2.75) is 13.8 Å². The Morgan fingerprint density at radius 2 is 1.83 bits per heavy atom. The molecular formula is C26H25N5O4. The molecule has 1 aromatic heterocycles. The summed E-state index contributed by atoms with van der Waals surface area (Å²) in [5.74, 6) is 6.39. The van der Waals surface area contributed by atoms with Crippen molar-refractivity contribution < 1.29 is 19.4 Å². The standard InChI is InChI=1S/C26H25N5O4/c1-16(29-27)18-8-10-19(11-9-18)28-24(33)15-34-21-12-13-22(23(32)14-21)25-26(17(2)30-31-25)35-20-6-4-3-5-7-20/h3-14,32H,15,27H2,1-2H3,(H,28,33)(H,30,31). The minimum absolute atomic E-state index is 0.0557. The number of nitrogens with zero attached hydrogens (tertiary/aromatic N) is 2. The second-order valence-corrected chi connectivity index (χ2v) is 7.75. The molecule has 35 heavy (non-hydrogen) atoms. The summed E-state index contributed by atoms with van der Waals surface area (Å²) < 4.78 is 11.5. The van der Waals surface area contributed by atoms with Crippen molar-refractivity contribution in [1.82, 2.24) is 10.2 Å². The van der Waals surface area contributed by atoms with E-state index in [-0.39, 0.29) is 18.3 Å². The number of carbonyl (C=O) groups is 1. The number of rotatable bonds is 8. The molecule has 0 saturated heterocycles. The number of nitrogens with two attached hydrogens (primary N) is 1. The number of amides is 1. The number of carbonyl (C=O) groups excluding carboxylic acids is 1. The third kappa shape index (κ3) is 5.59. The van der Waals surface area contributed by atoms with Gasteiger partial charge in [0, 0.05) is 17.3 Å². The predicted molar refractivity (Wildman–Crippen MR) is 134 cm³/mol. The molecule has 3 aromatic carbocycles. The number of para-hydroxylation sites is 1. The highest BCUT2D eigenvalue weighted by molar-refractivity contribution is 5.99. The highest BCUT2D eigenvalue weighted by Gasteiger charge is 2.18. The van der Waals surface area contributed by atoms with Crippen molar-refractivity contribution in [3.8, 4) is 34.3 Å². The van der Waals surface area contributed by atoms with Gasteiger partial charge in [-0.3, -0.25) is 9.89 Å². The average molecular weight is 472 g/mol. The summed E-state index contributed by atoms with van der Waals surface area (Å²) >= 11 is 0. The van der Waals surface area contributed by atoms with E-state index >= 15 is 0 Å². The molecule has 9 nitrogen and oxygen atoms in total. The second-order valence-electron chi connectivity index (χ2n) is 7.75. The molecule has 178 valence electrons. The zero-order valence-electron chi connectivity index (χ0n) is 19.3. The third-order valence-corrected chi connectivity index (χ3v) is 5.23. The second kappa shape index (κ2) is 10.4. The fourth-order valence-corrected chi connectivity index (χ4v) is 3.35. The number of aromatic hydroxyl groups is 1. The highest BCUT2D eigenvalue weighted by Crippen LogP contribution is 2.39. The monoisotopic (exact) mass is 471 g/mol. The molecule has 1 amide bonds. The van der Waals surface area contributed by atoms with E-state index in [4.69, 9.17) is 15.3 Å². The molecule has 5 N–H and O–H groups in total. The molecule has 0 aliphatic heterocycles. The van der Waals surface area contributed by atoms with Crippen molar-refractivity contribution in [2.75, 3.05) is 11.9 Å². The lowest BCUT2D eigenvalue weighted by atomic mass is 10.1. The quantitative estimate of drug-likeness (QED) is 0.169. The van der Waals surface area contributed by atoms with E-state index in [2.05, 4.69) is 20.6 Å². The molecule has 4 rings (SSSR count). The maximum Gasteiger partial charge on any atom is 0.262 e. The highest BCUT2D eigenvalue weighted by atomic mass is 16.5. The van der Waals surface area contributed by atoms with Gasteiger partial charge in [-0.1, -0.05) is 30.3 Å². The van der Waals surface area contributed by atoms with Gasteiger partial charge in [0.25, 0.3) is 5.91 Å². The Kier molecular flexibility index (Phi) is 6.96. The van der Waals surface area contributed by atoms with Gasteiger partial charge in [0.05, 0.1) is 11.4 Å². The molecular weight excluding hydrogens is 446 g/mol. The third-order valence-electron chi connectivity index (χ3n) is 5.23. The Hall–Kier alpha value is -4.79. The summed E-state index contributed by atoms with van der Waals surface area (Å²) in [6.45, 7) is 3.41. The van der Waals surface area contributed by atoms with Crippen LogP contribution in [0.25, 0.3) is 11.3 Å². The Labute approximate surface area is 202 Å². The van der Waals surface area contributed by atoms with Crippen molar-refractivity contribution in [3.05, 3.63) is 84.1 Å². The van der Waals surface area contributed by atoms with E-state index < -0.39 is 0 Å². The van der Waals surface area contributed by atoms with Gasteiger partial charge in [-0.15, -0.1) is 0 Å². The first-order valence-corrected chi connectivity index (χ1v) is 10.8. The number of anilines is 1. The summed E-state index contributed by atoms with van der Waals surface area (Å²) in [7, 11) is 0. The molecule has 9 heteroatoms. The van der Waals surface area contributed by atoms with Crippen LogP contribution in [-0.4, -0.2) is 33.5 Å². The molecule has 0 fully saturated rings. The van der Waals surface area contributed by atoms with E-state index in [0.717, 1.165) is 11.3 Å². The van der Waals surface area contributed by atoms with Crippen molar-refractivity contribution >= 4 is 17.3 Å². The Bertz CT molecular complexity index is 1350. The molecule has 0 bridgehead atoms. The lowest BCUT2D eigenvalue weighted by Crippen LogP contribution is -2.20. The van der Waals surface area contributed by atoms with Crippen LogP contribution in [0.1, 0.15) is 18.2 Å². The first kappa shape index (κ1) is 23.4. The van der Waals surface area contributed by atoms with Gasteiger partial charge >= 0.3 is 0 Å². The number of benzene rings is 3. The molecule has 0 spiro atoms. The van der Waals surface area contributed by atoms with Gasteiger partial charge in [0.15, 0.2) is 12.4 Å². The molecule has 0 unspecified atom stereocenters. The molecule has 4 aromatic rings. The van der Waals surface area contributed by atoms with Crippen LogP contribution in [0.15, 0.2) is 77.9 Å². The maximum atomic E-state index is 12.3. The van der Waals surface area contributed by atoms with E-state index in [1.54, 1.807) is 31.2 Å². The lowest BCUT2D eigenvalue weighted by Gasteiger charge is -2.11. The van der Waals surface area contributed by atoms with Crippen LogP contribution in [0.5, 0.6) is 23.0 Å². The van der Waals surface area contributed by atoms with Crippen LogP contribution in [0.2, 0.25) is 0 Å². The summed E-state index contributed by atoms with van der Waals surface area (Å²) in [5, 5.41) is 24.2. The first-order chi connectivity index (χ1) is 16.9. The predicted octanol–water partition coefficient (Wildman–Crippen LogP) is 4.58. The first-order valence-electron chi connectivity index (χ1n) is 10.8. The van der Waals surface area contributed by atoms with Gasteiger partial charge in [-0.25, -0.2) is 0 Å². The number of hydrazone groups is 1. The number of hydrogen-bond donors (Lipinski definition) is 4. The Morgan fingerprint density at radius 3 is 2.51 bits per heavy atom. The largest absolute Gasteiger partial charge is 0.507 e. The number of aromatic amines is 1. The zero-order valence-corrected chi connectivity index (χ0v) is 19.3. The number of aryl methyl sites for hydroxylation is 1. The fraction of sp³-hybridized carbons (Fsp3) is 0.115. The average Bonchev–Trinajstić information content (AvgIpc) is 3.23. The van der Waals surface area contributed by atoms with Crippen LogP contribution < -0.4 is 20.6 Å². The molecule has 0 atom stereocenters. The molecule has 1 heterocycles. The van der Waals surface area contributed by atoms with Gasteiger partial charge in [-0.2, -0.15) is 10.2 Å². The molecule has 0 aliphatic rings. The summed E-state index contributed by atoms with van der Waals surface area (Å²) in [6, 6.07) is 21.2. The van der Waals surface area contributed by atoms with Crippen LogP contribution in [0.3, 0.4) is 0 Å². The molecule has 0 saturated carbocycles. The van der Waals surface area contributed by atoms with E-state index in [1.165, 1.54) is 6.07 Å². The smallest absolute Gasteiger partial charge is 0.262 e. The fourth-order valence-electron chi connectivity index (χ4n) is 3.35. The summed E-state index contributed by atoms with van der Waals surface area (Å²) in [4.78, 5) is 12.3. The maximum absolute atomic E-state index is 12.3. The number of hydrogen-bond acceptors (Lipinski definition) is 7. The topological polar surface area (TPSA) is 135 Å². The summed E-state index contributed by atoms with van der Waals surface area (Å²) in [5.41, 5.74) is 3.82. The Balaban J connectivity index is 1.41. The molecule has 0 aliphatic carbocycles. The van der Waals surface area contributed by atoms with Gasteiger partial charge in [-0.05, 0) is 55.8 Å². The minimum Gasteiger partial charge on any atom is -0.507 e. The van der Waals surface area contributed by atoms with Crippen LogP contribution >= 0.6 is 0 Å².